The molecule has 21 heavy (non-hydrogen) atoms. The van der Waals surface area contributed by atoms with Gasteiger partial charge in [-0.25, -0.2) is 9.59 Å². The lowest BCUT2D eigenvalue weighted by Crippen LogP contribution is -2.15. The van der Waals surface area contributed by atoms with E-state index in [1.165, 1.54) is 6.08 Å². The van der Waals surface area contributed by atoms with Crippen LogP contribution in [-0.2, 0) is 14.3 Å². The summed E-state index contributed by atoms with van der Waals surface area (Å²) in [4.78, 5) is 21.8. The Morgan fingerprint density at radius 2 is 1.90 bits per heavy atom. The number of hydrogen-bond acceptors (Lipinski definition) is 5. The van der Waals surface area contributed by atoms with E-state index in [-0.39, 0.29) is 6.61 Å². The van der Waals surface area contributed by atoms with Crippen molar-refractivity contribution >= 4 is 18.0 Å². The predicted molar refractivity (Wildman–Crippen MR) is 76.4 cm³/mol. The maximum absolute atomic E-state index is 11.3. The zero-order valence-corrected chi connectivity index (χ0v) is 12.0. The molecule has 1 aromatic rings. The Labute approximate surface area is 122 Å². The van der Waals surface area contributed by atoms with Crippen LogP contribution in [0.5, 0.6) is 11.5 Å². The van der Waals surface area contributed by atoms with Crippen LogP contribution in [0.15, 0.2) is 24.3 Å². The maximum atomic E-state index is 11.3. The van der Waals surface area contributed by atoms with Gasteiger partial charge in [0.05, 0.1) is 13.2 Å². The minimum absolute atomic E-state index is 0.210. The quantitative estimate of drug-likeness (QED) is 0.584. The van der Waals surface area contributed by atoms with Crippen LogP contribution in [0.3, 0.4) is 0 Å². The van der Waals surface area contributed by atoms with Crippen molar-refractivity contribution in [3.63, 3.8) is 0 Å². The van der Waals surface area contributed by atoms with Gasteiger partial charge in [-0.05, 0) is 37.6 Å². The smallest absolute Gasteiger partial charge is 0.344 e. The lowest BCUT2D eigenvalue weighted by molar-refractivity contribution is -0.145. The third-order valence-electron chi connectivity index (χ3n) is 2.34. The molecule has 0 aliphatic rings. The van der Waals surface area contributed by atoms with Gasteiger partial charge in [0.25, 0.3) is 0 Å². The van der Waals surface area contributed by atoms with E-state index in [9.17, 15) is 9.59 Å². The molecule has 0 spiro atoms. The zero-order chi connectivity index (χ0) is 15.7. The molecule has 0 aliphatic heterocycles. The molecule has 1 aromatic carbocycles. The minimum Gasteiger partial charge on any atom is -0.490 e. The Morgan fingerprint density at radius 1 is 1.14 bits per heavy atom. The van der Waals surface area contributed by atoms with Crippen molar-refractivity contribution in [3.05, 3.63) is 29.8 Å². The highest BCUT2D eigenvalue weighted by Crippen LogP contribution is 2.29. The predicted octanol–water partition coefficient (Wildman–Crippen LogP) is 2.12. The molecule has 0 atom stereocenters. The number of carbonyl (C=O) groups excluding carboxylic acids is 1. The highest BCUT2D eigenvalue weighted by atomic mass is 16.6. The molecule has 1 N–H and O–H groups in total. The summed E-state index contributed by atoms with van der Waals surface area (Å²) >= 11 is 0. The third-order valence-corrected chi connectivity index (χ3v) is 2.34. The van der Waals surface area contributed by atoms with E-state index >= 15 is 0 Å². The number of carboxylic acid groups (broad SMARTS) is 1. The largest absolute Gasteiger partial charge is 0.490 e. The van der Waals surface area contributed by atoms with Crippen LogP contribution in [0.1, 0.15) is 19.4 Å². The highest BCUT2D eigenvalue weighted by Gasteiger charge is 2.09. The van der Waals surface area contributed by atoms with Crippen LogP contribution in [0.25, 0.3) is 6.08 Å². The third kappa shape index (κ3) is 5.99. The molecule has 0 fully saturated rings. The number of aliphatic carboxylic acids is 1. The van der Waals surface area contributed by atoms with Gasteiger partial charge in [-0.15, -0.1) is 0 Å². The SMILES string of the molecule is CCOC(=O)COc1ccc(C=CC(=O)O)cc1OCC. The van der Waals surface area contributed by atoms with Crippen molar-refractivity contribution in [1.29, 1.82) is 0 Å². The fourth-order valence-electron chi connectivity index (χ4n) is 1.52. The standard InChI is InChI=1S/C15H18O6/c1-3-19-13-9-11(6-8-14(16)17)5-7-12(13)21-10-15(18)20-4-2/h5-9H,3-4,10H2,1-2H3,(H,16,17). The first-order valence-electron chi connectivity index (χ1n) is 6.53. The van der Waals surface area contributed by atoms with Gasteiger partial charge in [0.15, 0.2) is 18.1 Å². The summed E-state index contributed by atoms with van der Waals surface area (Å²) in [6.45, 7) is 4.03. The summed E-state index contributed by atoms with van der Waals surface area (Å²) in [5, 5.41) is 8.60. The van der Waals surface area contributed by atoms with Gasteiger partial charge in [-0.1, -0.05) is 6.07 Å². The molecule has 0 bridgehead atoms. The molecule has 114 valence electrons. The molecule has 1 rings (SSSR count). The van der Waals surface area contributed by atoms with E-state index in [1.807, 2.05) is 6.92 Å². The minimum atomic E-state index is -1.03. The van der Waals surface area contributed by atoms with Crippen molar-refractivity contribution in [2.24, 2.45) is 0 Å². The second-order valence-corrected chi connectivity index (χ2v) is 3.90. The van der Waals surface area contributed by atoms with E-state index in [1.54, 1.807) is 25.1 Å². The molecular weight excluding hydrogens is 276 g/mol. The Morgan fingerprint density at radius 3 is 2.52 bits per heavy atom. The Kier molecular flexibility index (Phi) is 6.80. The molecule has 0 heterocycles. The Bertz CT molecular complexity index is 521. The van der Waals surface area contributed by atoms with Crippen molar-refractivity contribution in [2.75, 3.05) is 19.8 Å². The molecule has 6 heteroatoms. The number of ether oxygens (including phenoxy) is 3. The van der Waals surface area contributed by atoms with Crippen LogP contribution in [0.4, 0.5) is 0 Å². The first-order chi connectivity index (χ1) is 10.1. The molecule has 0 aliphatic carbocycles. The summed E-state index contributed by atoms with van der Waals surface area (Å²) in [7, 11) is 0. The van der Waals surface area contributed by atoms with Gasteiger partial charge in [0, 0.05) is 6.08 Å². The fourth-order valence-corrected chi connectivity index (χ4v) is 1.52. The van der Waals surface area contributed by atoms with Crippen molar-refractivity contribution in [3.8, 4) is 11.5 Å². The number of rotatable bonds is 8. The van der Waals surface area contributed by atoms with Gasteiger partial charge in [0.1, 0.15) is 0 Å². The molecule has 0 amide bonds. The molecule has 0 unspecified atom stereocenters. The van der Waals surface area contributed by atoms with E-state index < -0.39 is 11.9 Å². The zero-order valence-electron chi connectivity index (χ0n) is 12.0. The monoisotopic (exact) mass is 294 g/mol. The first-order valence-corrected chi connectivity index (χ1v) is 6.53. The fraction of sp³-hybridized carbons (Fsp3) is 0.333. The van der Waals surface area contributed by atoms with Crippen LogP contribution in [-0.4, -0.2) is 36.9 Å². The van der Waals surface area contributed by atoms with E-state index in [0.717, 1.165) is 6.08 Å². The van der Waals surface area contributed by atoms with E-state index in [4.69, 9.17) is 19.3 Å². The lowest BCUT2D eigenvalue weighted by Gasteiger charge is -2.12. The second kappa shape index (κ2) is 8.63. The molecule has 0 saturated heterocycles. The summed E-state index contributed by atoms with van der Waals surface area (Å²) in [6, 6.07) is 4.93. The molecule has 0 radical (unpaired) electrons. The second-order valence-electron chi connectivity index (χ2n) is 3.90. The van der Waals surface area contributed by atoms with Crippen molar-refractivity contribution in [1.82, 2.24) is 0 Å². The van der Waals surface area contributed by atoms with Crippen LogP contribution < -0.4 is 9.47 Å². The van der Waals surface area contributed by atoms with Gasteiger partial charge in [-0.3, -0.25) is 0 Å². The average molecular weight is 294 g/mol. The van der Waals surface area contributed by atoms with Crippen molar-refractivity contribution < 1.29 is 28.9 Å². The summed E-state index contributed by atoms with van der Waals surface area (Å²) < 4.78 is 15.5. The lowest BCUT2D eigenvalue weighted by atomic mass is 10.2. The molecule has 0 saturated carbocycles. The van der Waals surface area contributed by atoms with Crippen molar-refractivity contribution in [2.45, 2.75) is 13.8 Å². The molecule has 6 nitrogen and oxygen atoms in total. The Hall–Kier alpha value is -2.50. The average Bonchev–Trinajstić information content (AvgIpc) is 2.44. The first kappa shape index (κ1) is 16.6. The number of esters is 1. The topological polar surface area (TPSA) is 82.1 Å². The van der Waals surface area contributed by atoms with Gasteiger partial charge < -0.3 is 19.3 Å². The number of hydrogen-bond donors (Lipinski definition) is 1. The summed E-state index contributed by atoms with van der Waals surface area (Å²) in [5.41, 5.74) is 0.657. The molecular formula is C15H18O6. The summed E-state index contributed by atoms with van der Waals surface area (Å²) in [5.74, 6) is -0.655. The van der Waals surface area contributed by atoms with E-state index in [0.29, 0.717) is 30.3 Å². The van der Waals surface area contributed by atoms with E-state index in [2.05, 4.69) is 0 Å². The highest BCUT2D eigenvalue weighted by molar-refractivity contribution is 5.85. The number of carbonyl (C=O) groups is 2. The summed E-state index contributed by atoms with van der Waals surface area (Å²) in [6.07, 6.45) is 2.48. The van der Waals surface area contributed by atoms with Gasteiger partial charge >= 0.3 is 11.9 Å². The maximum Gasteiger partial charge on any atom is 0.344 e. The normalized spacial score (nSPS) is 10.4. The van der Waals surface area contributed by atoms with Crippen LogP contribution in [0, 0.1) is 0 Å². The van der Waals surface area contributed by atoms with Gasteiger partial charge in [0.2, 0.25) is 0 Å². The van der Waals surface area contributed by atoms with Crippen LogP contribution in [0.2, 0.25) is 0 Å². The number of benzene rings is 1. The Balaban J connectivity index is 2.83. The van der Waals surface area contributed by atoms with Crippen LogP contribution >= 0.6 is 0 Å². The number of carboxylic acids is 1. The molecule has 0 aromatic heterocycles. The van der Waals surface area contributed by atoms with Gasteiger partial charge in [-0.2, -0.15) is 0 Å².